The van der Waals surface area contributed by atoms with Gasteiger partial charge in [-0.3, -0.25) is 4.79 Å². The van der Waals surface area contributed by atoms with E-state index in [0.717, 1.165) is 23.8 Å². The minimum atomic E-state index is -0.758. The molecular weight excluding hydrogens is 290 g/mol. The van der Waals surface area contributed by atoms with Crippen LogP contribution < -0.4 is 0 Å². The van der Waals surface area contributed by atoms with E-state index in [0.29, 0.717) is 5.69 Å². The van der Waals surface area contributed by atoms with Gasteiger partial charge >= 0.3 is 0 Å². The molecule has 1 aliphatic heterocycles. The zero-order valence-electron chi connectivity index (χ0n) is 12.0. The minimum Gasteiger partial charge on any atom is -0.391 e. The molecule has 2 aromatic rings. The van der Waals surface area contributed by atoms with E-state index < -0.39 is 23.8 Å². The van der Waals surface area contributed by atoms with Gasteiger partial charge in [0.2, 0.25) is 0 Å². The molecule has 1 aromatic carbocycles. The Kier molecular flexibility index (Phi) is 3.70. The van der Waals surface area contributed by atoms with Gasteiger partial charge in [-0.25, -0.2) is 8.78 Å². The highest BCUT2D eigenvalue weighted by Gasteiger charge is 2.37. The third-order valence-electron chi connectivity index (χ3n) is 4.03. The van der Waals surface area contributed by atoms with Crippen molar-refractivity contribution < 1.29 is 18.7 Å². The van der Waals surface area contributed by atoms with E-state index in [4.69, 9.17) is 0 Å². The number of aryl methyl sites for hydroxylation is 1. The molecule has 4 nitrogen and oxygen atoms in total. The maximum Gasteiger partial charge on any atom is 0.271 e. The molecule has 2 atom stereocenters. The molecule has 0 bridgehead atoms. The Balaban J connectivity index is 1.98. The predicted molar refractivity (Wildman–Crippen MR) is 76.3 cm³/mol. The lowest BCUT2D eigenvalue weighted by molar-refractivity contribution is 0.0707. The first-order chi connectivity index (χ1) is 10.5. The van der Waals surface area contributed by atoms with Gasteiger partial charge in [-0.2, -0.15) is 0 Å². The number of aliphatic hydroxyl groups excluding tert-OH is 1. The van der Waals surface area contributed by atoms with Gasteiger partial charge < -0.3 is 15.0 Å². The number of aliphatic hydroxyl groups is 1. The van der Waals surface area contributed by atoms with Crippen LogP contribution >= 0.6 is 0 Å². The lowest BCUT2D eigenvalue weighted by atomic mass is 10.0. The van der Waals surface area contributed by atoms with Crippen molar-refractivity contribution in [3.05, 3.63) is 58.9 Å². The first-order valence-corrected chi connectivity index (χ1v) is 7.05. The molecule has 0 radical (unpaired) electrons. The van der Waals surface area contributed by atoms with E-state index in [1.54, 1.807) is 19.2 Å². The summed E-state index contributed by atoms with van der Waals surface area (Å²) in [4.78, 5) is 16.9. The van der Waals surface area contributed by atoms with Gasteiger partial charge in [-0.15, -0.1) is 0 Å². The van der Waals surface area contributed by atoms with Crippen molar-refractivity contribution in [2.75, 3.05) is 6.54 Å². The monoisotopic (exact) mass is 306 g/mol. The second-order valence-corrected chi connectivity index (χ2v) is 5.56. The minimum absolute atomic E-state index is 0.0918. The molecule has 22 heavy (non-hydrogen) atoms. The van der Waals surface area contributed by atoms with Gasteiger partial charge in [-0.05, 0) is 43.2 Å². The second-order valence-electron chi connectivity index (χ2n) is 5.56. The number of carbonyl (C=O) groups excluding carboxylic acids is 1. The third kappa shape index (κ3) is 2.50. The molecule has 0 spiro atoms. The Morgan fingerprint density at radius 3 is 2.82 bits per heavy atom. The molecule has 1 aliphatic rings. The largest absolute Gasteiger partial charge is 0.391 e. The molecule has 0 unspecified atom stereocenters. The normalized spacial score (nSPS) is 21.4. The number of aromatic amines is 1. The van der Waals surface area contributed by atoms with Gasteiger partial charge in [0.05, 0.1) is 12.1 Å². The number of H-pyrrole nitrogens is 1. The van der Waals surface area contributed by atoms with Crippen molar-refractivity contribution in [3.8, 4) is 0 Å². The van der Waals surface area contributed by atoms with Crippen LogP contribution in [-0.2, 0) is 0 Å². The van der Waals surface area contributed by atoms with E-state index in [9.17, 15) is 18.7 Å². The van der Waals surface area contributed by atoms with Gasteiger partial charge in [0.1, 0.15) is 17.3 Å². The summed E-state index contributed by atoms with van der Waals surface area (Å²) >= 11 is 0. The van der Waals surface area contributed by atoms with Crippen molar-refractivity contribution in [1.82, 2.24) is 9.88 Å². The van der Waals surface area contributed by atoms with Crippen LogP contribution in [0.15, 0.2) is 30.5 Å². The summed E-state index contributed by atoms with van der Waals surface area (Å²) in [5, 5.41) is 9.89. The van der Waals surface area contributed by atoms with E-state index >= 15 is 0 Å². The summed E-state index contributed by atoms with van der Waals surface area (Å²) in [6.45, 7) is 1.88. The number of halogens is 2. The summed E-state index contributed by atoms with van der Waals surface area (Å²) in [5.74, 6) is -1.48. The zero-order chi connectivity index (χ0) is 15.9. The van der Waals surface area contributed by atoms with E-state index in [-0.39, 0.29) is 24.4 Å². The van der Waals surface area contributed by atoms with Gasteiger partial charge in [0, 0.05) is 18.3 Å². The van der Waals surface area contributed by atoms with E-state index in [1.807, 2.05) is 0 Å². The topological polar surface area (TPSA) is 56.3 Å². The fourth-order valence-electron chi connectivity index (χ4n) is 2.92. The quantitative estimate of drug-likeness (QED) is 0.896. The zero-order valence-corrected chi connectivity index (χ0v) is 12.0. The lowest BCUT2D eigenvalue weighted by Gasteiger charge is -2.25. The number of rotatable bonds is 2. The first-order valence-electron chi connectivity index (χ1n) is 7.05. The highest BCUT2D eigenvalue weighted by molar-refractivity contribution is 5.94. The van der Waals surface area contributed by atoms with Crippen LogP contribution in [0, 0.1) is 18.6 Å². The summed E-state index contributed by atoms with van der Waals surface area (Å²) in [5.41, 5.74) is 1.26. The third-order valence-corrected chi connectivity index (χ3v) is 4.03. The molecule has 1 amide bonds. The Morgan fingerprint density at radius 1 is 1.36 bits per heavy atom. The molecule has 0 aliphatic carbocycles. The van der Waals surface area contributed by atoms with Crippen LogP contribution in [0.5, 0.6) is 0 Å². The molecule has 2 heterocycles. The number of hydrogen-bond donors (Lipinski definition) is 2. The number of likely N-dealkylation sites (tertiary alicyclic amines) is 1. The van der Waals surface area contributed by atoms with Crippen LogP contribution in [0.25, 0.3) is 0 Å². The number of carbonyl (C=O) groups is 1. The molecule has 0 saturated carbocycles. The molecule has 1 fully saturated rings. The predicted octanol–water partition coefficient (Wildman–Crippen LogP) is 2.55. The standard InChI is InChI=1S/C16H16F2N2O2/c1-9-4-5-19-15(9)16(22)20-8-11(21)7-14(20)12-6-10(17)2-3-13(12)18/h2-6,11,14,19,21H,7-8H2,1H3/t11-,14-/m0/s1. The van der Waals surface area contributed by atoms with Crippen molar-refractivity contribution in [2.24, 2.45) is 0 Å². The van der Waals surface area contributed by atoms with Crippen LogP contribution in [0.1, 0.15) is 34.1 Å². The van der Waals surface area contributed by atoms with Crippen molar-refractivity contribution in [3.63, 3.8) is 0 Å². The average molecular weight is 306 g/mol. The summed E-state index contributed by atoms with van der Waals surface area (Å²) < 4.78 is 27.4. The molecule has 1 aromatic heterocycles. The summed E-state index contributed by atoms with van der Waals surface area (Å²) in [6, 6.07) is 4.24. The van der Waals surface area contributed by atoms with Crippen LogP contribution in [0.4, 0.5) is 8.78 Å². The lowest BCUT2D eigenvalue weighted by Crippen LogP contribution is -2.32. The summed E-state index contributed by atoms with van der Waals surface area (Å²) in [7, 11) is 0. The molecule has 1 saturated heterocycles. The number of nitrogens with zero attached hydrogens (tertiary/aromatic N) is 1. The smallest absolute Gasteiger partial charge is 0.271 e. The summed E-state index contributed by atoms with van der Waals surface area (Å²) in [6.07, 6.45) is 1.07. The van der Waals surface area contributed by atoms with Crippen LogP contribution in [0.3, 0.4) is 0 Å². The number of nitrogens with one attached hydrogen (secondary N) is 1. The molecule has 3 rings (SSSR count). The van der Waals surface area contributed by atoms with Crippen LogP contribution in [-0.4, -0.2) is 33.5 Å². The van der Waals surface area contributed by atoms with Crippen LogP contribution in [0.2, 0.25) is 0 Å². The maximum atomic E-state index is 14.0. The number of aromatic nitrogens is 1. The molecule has 2 N–H and O–H groups in total. The highest BCUT2D eigenvalue weighted by Crippen LogP contribution is 2.35. The Bertz CT molecular complexity index is 714. The van der Waals surface area contributed by atoms with E-state index in [2.05, 4.69) is 4.98 Å². The fourth-order valence-corrected chi connectivity index (χ4v) is 2.92. The second kappa shape index (κ2) is 5.53. The molecular formula is C16H16F2N2O2. The van der Waals surface area contributed by atoms with E-state index in [1.165, 1.54) is 4.90 Å². The Labute approximate surface area is 126 Å². The average Bonchev–Trinajstić information content (AvgIpc) is 3.07. The maximum absolute atomic E-state index is 14.0. The van der Waals surface area contributed by atoms with Crippen molar-refractivity contribution in [1.29, 1.82) is 0 Å². The number of hydrogen-bond acceptors (Lipinski definition) is 2. The number of β-amino-alcohol motifs (C(OH)–C–C–N with tert-alkyl or cyclic N) is 1. The SMILES string of the molecule is Cc1cc[nH]c1C(=O)N1C[C@@H](O)C[C@H]1c1cc(F)ccc1F. The highest BCUT2D eigenvalue weighted by atomic mass is 19.1. The van der Waals surface area contributed by atoms with Gasteiger partial charge in [0.25, 0.3) is 5.91 Å². The Morgan fingerprint density at radius 2 is 2.14 bits per heavy atom. The molecule has 6 heteroatoms. The van der Waals surface area contributed by atoms with Gasteiger partial charge in [0.15, 0.2) is 0 Å². The van der Waals surface area contributed by atoms with Crippen molar-refractivity contribution >= 4 is 5.91 Å². The molecule has 116 valence electrons. The fraction of sp³-hybridized carbons (Fsp3) is 0.312. The number of amides is 1. The number of benzene rings is 1. The Hall–Kier alpha value is -2.21. The van der Waals surface area contributed by atoms with Gasteiger partial charge in [-0.1, -0.05) is 0 Å². The van der Waals surface area contributed by atoms with Crippen molar-refractivity contribution in [2.45, 2.75) is 25.5 Å². The first kappa shape index (κ1) is 14.7.